The molecule has 1 aromatic rings. The molecule has 1 saturated carbocycles. The van der Waals surface area contributed by atoms with Gasteiger partial charge in [-0.3, -0.25) is 14.4 Å². The molecule has 0 radical (unpaired) electrons. The Labute approximate surface area is 153 Å². The van der Waals surface area contributed by atoms with Gasteiger partial charge in [-0.25, -0.2) is 0 Å². The lowest BCUT2D eigenvalue weighted by atomic mass is 9.77. The molecule has 0 aromatic heterocycles. The number of carbonyl (C=O) groups excluding carboxylic acids is 3. The normalized spacial score (nSPS) is 27.4. The van der Waals surface area contributed by atoms with Crippen LogP contribution in [0.1, 0.15) is 42.6 Å². The van der Waals surface area contributed by atoms with Crippen molar-refractivity contribution in [2.75, 3.05) is 13.1 Å². The smallest absolute Gasteiger partial charge is 0.252 e. The Morgan fingerprint density at radius 3 is 2.69 bits per heavy atom. The molecule has 2 fully saturated rings. The molecule has 138 valence electrons. The van der Waals surface area contributed by atoms with E-state index in [1.54, 1.807) is 4.90 Å². The summed E-state index contributed by atoms with van der Waals surface area (Å²) >= 11 is 0. The Bertz CT molecular complexity index is 771. The van der Waals surface area contributed by atoms with Crippen LogP contribution in [0.25, 0.3) is 0 Å². The summed E-state index contributed by atoms with van der Waals surface area (Å²) in [6.07, 6.45) is 2.43. The van der Waals surface area contributed by atoms with Crippen molar-refractivity contribution in [3.63, 3.8) is 0 Å². The molecule has 1 aromatic carbocycles. The first kappa shape index (κ1) is 17.1. The van der Waals surface area contributed by atoms with E-state index in [1.165, 1.54) is 0 Å². The van der Waals surface area contributed by atoms with E-state index in [0.29, 0.717) is 25.1 Å². The van der Waals surface area contributed by atoms with E-state index in [9.17, 15) is 14.4 Å². The lowest BCUT2D eigenvalue weighted by Gasteiger charge is -2.39. The Hall–Kier alpha value is -2.37. The van der Waals surface area contributed by atoms with Gasteiger partial charge in [0.2, 0.25) is 11.8 Å². The number of likely N-dealkylation sites (tertiary alicyclic amines) is 1. The lowest BCUT2D eigenvalue weighted by molar-refractivity contribution is -0.132. The van der Waals surface area contributed by atoms with E-state index in [4.69, 9.17) is 0 Å². The number of nitrogens with one attached hydrogen (secondary N) is 2. The molecule has 1 spiro atoms. The third-order valence-corrected chi connectivity index (χ3v) is 5.66. The molecule has 1 saturated heterocycles. The average Bonchev–Trinajstić information content (AvgIpc) is 3.37. The SMILES string of the molecule is CC(C)NC(=O)[C@@H]1CN(C(=O)C2CC2)C[C@]12Cc1ccccc1C(=O)N2. The minimum Gasteiger partial charge on any atom is -0.354 e. The molecule has 3 amide bonds. The summed E-state index contributed by atoms with van der Waals surface area (Å²) in [6.45, 7) is 4.61. The molecular weight excluding hydrogens is 330 g/mol. The Kier molecular flexibility index (Phi) is 4.01. The third kappa shape index (κ3) is 2.87. The van der Waals surface area contributed by atoms with Crippen molar-refractivity contribution in [2.24, 2.45) is 11.8 Å². The van der Waals surface area contributed by atoms with Crippen molar-refractivity contribution in [2.45, 2.75) is 44.7 Å². The summed E-state index contributed by atoms with van der Waals surface area (Å²) in [7, 11) is 0. The molecule has 2 heterocycles. The predicted molar refractivity (Wildman–Crippen MR) is 96.4 cm³/mol. The molecule has 4 rings (SSSR count). The van der Waals surface area contributed by atoms with Gasteiger partial charge in [-0.1, -0.05) is 18.2 Å². The summed E-state index contributed by atoms with van der Waals surface area (Å²) in [6, 6.07) is 7.52. The van der Waals surface area contributed by atoms with Crippen LogP contribution in [0.3, 0.4) is 0 Å². The van der Waals surface area contributed by atoms with Crippen molar-refractivity contribution < 1.29 is 14.4 Å². The van der Waals surface area contributed by atoms with Crippen molar-refractivity contribution in [1.29, 1.82) is 0 Å². The minimum atomic E-state index is -0.727. The van der Waals surface area contributed by atoms with E-state index in [1.807, 2.05) is 38.1 Å². The predicted octanol–water partition coefficient (Wildman–Crippen LogP) is 1.10. The summed E-state index contributed by atoms with van der Waals surface area (Å²) in [5.74, 6) is -0.464. The molecule has 0 bridgehead atoms. The Morgan fingerprint density at radius 1 is 1.27 bits per heavy atom. The number of hydrogen-bond donors (Lipinski definition) is 2. The third-order valence-electron chi connectivity index (χ3n) is 5.66. The van der Waals surface area contributed by atoms with Gasteiger partial charge < -0.3 is 15.5 Å². The van der Waals surface area contributed by atoms with Crippen LogP contribution < -0.4 is 10.6 Å². The van der Waals surface area contributed by atoms with Crippen LogP contribution in [0.15, 0.2) is 24.3 Å². The van der Waals surface area contributed by atoms with E-state index in [2.05, 4.69) is 10.6 Å². The fourth-order valence-corrected chi connectivity index (χ4v) is 4.26. The number of carbonyl (C=O) groups is 3. The topological polar surface area (TPSA) is 78.5 Å². The van der Waals surface area contributed by atoms with Crippen LogP contribution in [0.4, 0.5) is 0 Å². The van der Waals surface area contributed by atoms with Crippen molar-refractivity contribution in [3.8, 4) is 0 Å². The van der Waals surface area contributed by atoms with Crippen LogP contribution in [0, 0.1) is 11.8 Å². The van der Waals surface area contributed by atoms with Gasteiger partial charge in [-0.2, -0.15) is 0 Å². The van der Waals surface area contributed by atoms with E-state index >= 15 is 0 Å². The highest BCUT2D eigenvalue weighted by Crippen LogP contribution is 2.39. The second kappa shape index (κ2) is 6.11. The summed E-state index contributed by atoms with van der Waals surface area (Å²) in [4.78, 5) is 40.0. The van der Waals surface area contributed by atoms with Gasteiger partial charge in [-0.15, -0.1) is 0 Å². The molecule has 3 aliphatic rings. The fourth-order valence-electron chi connectivity index (χ4n) is 4.26. The summed E-state index contributed by atoms with van der Waals surface area (Å²) < 4.78 is 0. The highest BCUT2D eigenvalue weighted by Gasteiger charge is 2.55. The Balaban J connectivity index is 1.67. The van der Waals surface area contributed by atoms with E-state index in [-0.39, 0.29) is 29.7 Å². The quantitative estimate of drug-likeness (QED) is 0.852. The summed E-state index contributed by atoms with van der Waals surface area (Å²) in [5, 5.41) is 6.07. The van der Waals surface area contributed by atoms with Gasteiger partial charge in [-0.05, 0) is 44.7 Å². The molecule has 2 atom stereocenters. The Morgan fingerprint density at radius 2 is 2.00 bits per heavy atom. The first-order valence-corrected chi connectivity index (χ1v) is 9.39. The highest BCUT2D eigenvalue weighted by atomic mass is 16.2. The molecular formula is C20H25N3O3. The number of hydrogen-bond acceptors (Lipinski definition) is 3. The number of fused-ring (bicyclic) bond motifs is 1. The average molecular weight is 355 g/mol. The minimum absolute atomic E-state index is 0.0133. The molecule has 6 heteroatoms. The van der Waals surface area contributed by atoms with Crippen molar-refractivity contribution >= 4 is 17.7 Å². The van der Waals surface area contributed by atoms with Gasteiger partial charge in [0.15, 0.2) is 0 Å². The molecule has 2 aliphatic heterocycles. The largest absolute Gasteiger partial charge is 0.354 e. The summed E-state index contributed by atoms with van der Waals surface area (Å²) in [5.41, 5.74) is 0.877. The van der Waals surface area contributed by atoms with Gasteiger partial charge in [0.1, 0.15) is 0 Å². The van der Waals surface area contributed by atoms with Gasteiger partial charge in [0, 0.05) is 30.6 Å². The van der Waals surface area contributed by atoms with E-state index < -0.39 is 11.5 Å². The number of nitrogens with zero attached hydrogens (tertiary/aromatic N) is 1. The zero-order chi connectivity index (χ0) is 18.5. The van der Waals surface area contributed by atoms with Crippen molar-refractivity contribution in [1.82, 2.24) is 15.5 Å². The monoisotopic (exact) mass is 355 g/mol. The van der Waals surface area contributed by atoms with Gasteiger partial charge in [0.25, 0.3) is 5.91 Å². The fraction of sp³-hybridized carbons (Fsp3) is 0.550. The standard InChI is InChI=1S/C20H25N3O3/c1-12(2)21-18(25)16-10-23(19(26)13-7-8-13)11-20(16)9-14-5-3-4-6-15(14)17(24)22-20/h3-6,12-13,16H,7-11H2,1-2H3,(H,21,25)(H,22,24)/t16-,20+/m0/s1. The molecule has 26 heavy (non-hydrogen) atoms. The first-order chi connectivity index (χ1) is 12.4. The van der Waals surface area contributed by atoms with Crippen LogP contribution in [0.5, 0.6) is 0 Å². The lowest BCUT2D eigenvalue weighted by Crippen LogP contribution is -2.62. The second-order valence-electron chi connectivity index (χ2n) is 8.15. The molecule has 1 aliphatic carbocycles. The number of rotatable bonds is 3. The maximum Gasteiger partial charge on any atom is 0.252 e. The van der Waals surface area contributed by atoms with Crippen LogP contribution >= 0.6 is 0 Å². The van der Waals surface area contributed by atoms with Crippen LogP contribution in [-0.4, -0.2) is 47.3 Å². The molecule has 6 nitrogen and oxygen atoms in total. The molecule has 2 N–H and O–H groups in total. The maximum absolute atomic E-state index is 12.9. The first-order valence-electron chi connectivity index (χ1n) is 9.39. The molecule has 0 unspecified atom stereocenters. The highest BCUT2D eigenvalue weighted by molar-refractivity contribution is 5.98. The second-order valence-corrected chi connectivity index (χ2v) is 8.15. The van der Waals surface area contributed by atoms with Gasteiger partial charge in [0.05, 0.1) is 11.5 Å². The number of benzene rings is 1. The number of amides is 3. The van der Waals surface area contributed by atoms with Crippen molar-refractivity contribution in [3.05, 3.63) is 35.4 Å². The maximum atomic E-state index is 12.9. The van der Waals surface area contributed by atoms with E-state index in [0.717, 1.165) is 18.4 Å². The van der Waals surface area contributed by atoms with Crippen LogP contribution in [-0.2, 0) is 16.0 Å². The van der Waals surface area contributed by atoms with Crippen LogP contribution in [0.2, 0.25) is 0 Å². The van der Waals surface area contributed by atoms with Gasteiger partial charge >= 0.3 is 0 Å². The zero-order valence-electron chi connectivity index (χ0n) is 15.2. The zero-order valence-corrected chi connectivity index (χ0v) is 15.2.